The van der Waals surface area contributed by atoms with E-state index >= 15 is 0 Å². The molecule has 2 heterocycles. The second kappa shape index (κ2) is 5.57. The fourth-order valence-electron chi connectivity index (χ4n) is 2.13. The van der Waals surface area contributed by atoms with Crippen LogP contribution in [0.5, 0.6) is 5.75 Å². The van der Waals surface area contributed by atoms with Gasteiger partial charge in [-0.25, -0.2) is 0 Å². The van der Waals surface area contributed by atoms with Crippen LogP contribution in [0.1, 0.15) is 5.56 Å². The van der Waals surface area contributed by atoms with E-state index in [-0.39, 0.29) is 0 Å². The SMILES string of the molecule is Oc1ccc(CCNc2cncc3cccnc23)cc1. The number of aromatic hydroxyl groups is 1. The summed E-state index contributed by atoms with van der Waals surface area (Å²) < 4.78 is 0. The van der Waals surface area contributed by atoms with Gasteiger partial charge in [-0.15, -0.1) is 0 Å². The van der Waals surface area contributed by atoms with E-state index in [1.165, 1.54) is 5.56 Å². The van der Waals surface area contributed by atoms with E-state index in [0.29, 0.717) is 5.75 Å². The van der Waals surface area contributed by atoms with Gasteiger partial charge in [-0.05, 0) is 36.2 Å². The zero-order valence-corrected chi connectivity index (χ0v) is 11.0. The maximum Gasteiger partial charge on any atom is 0.115 e. The summed E-state index contributed by atoms with van der Waals surface area (Å²) in [5.41, 5.74) is 3.06. The van der Waals surface area contributed by atoms with Crippen molar-refractivity contribution in [1.29, 1.82) is 0 Å². The monoisotopic (exact) mass is 265 g/mol. The lowest BCUT2D eigenvalue weighted by atomic mass is 10.1. The fraction of sp³-hybridized carbons (Fsp3) is 0.125. The molecule has 4 nitrogen and oxygen atoms in total. The molecule has 0 saturated heterocycles. The summed E-state index contributed by atoms with van der Waals surface area (Å²) in [5, 5.41) is 13.6. The van der Waals surface area contributed by atoms with Crippen LogP contribution in [0.4, 0.5) is 5.69 Å². The molecule has 20 heavy (non-hydrogen) atoms. The molecule has 0 atom stereocenters. The maximum atomic E-state index is 9.25. The Balaban J connectivity index is 1.69. The molecule has 0 saturated carbocycles. The Kier molecular flexibility index (Phi) is 3.46. The van der Waals surface area contributed by atoms with E-state index in [2.05, 4.69) is 15.3 Å². The molecule has 0 radical (unpaired) electrons. The third-order valence-electron chi connectivity index (χ3n) is 3.18. The lowest BCUT2D eigenvalue weighted by molar-refractivity contribution is 0.475. The lowest BCUT2D eigenvalue weighted by Crippen LogP contribution is -2.05. The first-order chi connectivity index (χ1) is 9.83. The molecular formula is C16H15N3O. The van der Waals surface area contributed by atoms with Crippen LogP contribution in [-0.4, -0.2) is 21.6 Å². The topological polar surface area (TPSA) is 58.0 Å². The Morgan fingerprint density at radius 3 is 2.75 bits per heavy atom. The van der Waals surface area contributed by atoms with Crippen molar-refractivity contribution < 1.29 is 5.11 Å². The largest absolute Gasteiger partial charge is 0.508 e. The Bertz CT molecular complexity index is 705. The van der Waals surface area contributed by atoms with E-state index in [0.717, 1.165) is 29.6 Å². The third-order valence-corrected chi connectivity index (χ3v) is 3.18. The summed E-state index contributed by atoms with van der Waals surface area (Å²) in [7, 11) is 0. The van der Waals surface area contributed by atoms with Crippen LogP contribution in [0.3, 0.4) is 0 Å². The molecule has 0 aliphatic rings. The number of phenols is 1. The predicted octanol–water partition coefficient (Wildman–Crippen LogP) is 2.99. The van der Waals surface area contributed by atoms with Crippen LogP contribution in [0.2, 0.25) is 0 Å². The Labute approximate surface area is 117 Å². The van der Waals surface area contributed by atoms with Gasteiger partial charge in [-0.3, -0.25) is 9.97 Å². The molecule has 0 bridgehead atoms. The predicted molar refractivity (Wildman–Crippen MR) is 79.8 cm³/mol. The number of aromatic nitrogens is 2. The minimum atomic E-state index is 0.296. The van der Waals surface area contributed by atoms with Crippen molar-refractivity contribution in [3.63, 3.8) is 0 Å². The van der Waals surface area contributed by atoms with Crippen molar-refractivity contribution in [1.82, 2.24) is 9.97 Å². The van der Waals surface area contributed by atoms with Crippen molar-refractivity contribution >= 4 is 16.6 Å². The van der Waals surface area contributed by atoms with Gasteiger partial charge < -0.3 is 10.4 Å². The first kappa shape index (κ1) is 12.4. The first-order valence-electron chi connectivity index (χ1n) is 6.53. The van der Waals surface area contributed by atoms with E-state index in [1.807, 2.05) is 30.5 Å². The van der Waals surface area contributed by atoms with Gasteiger partial charge in [0.05, 0.1) is 17.4 Å². The second-order valence-corrected chi connectivity index (χ2v) is 4.61. The highest BCUT2D eigenvalue weighted by Crippen LogP contribution is 2.19. The summed E-state index contributed by atoms with van der Waals surface area (Å²) in [6.07, 6.45) is 6.27. The van der Waals surface area contributed by atoms with E-state index in [4.69, 9.17) is 0 Å². The van der Waals surface area contributed by atoms with E-state index in [9.17, 15) is 5.11 Å². The number of nitrogens with zero attached hydrogens (tertiary/aromatic N) is 2. The number of hydrogen-bond donors (Lipinski definition) is 2. The number of pyridine rings is 2. The van der Waals surface area contributed by atoms with Gasteiger partial charge >= 0.3 is 0 Å². The Morgan fingerprint density at radius 2 is 1.90 bits per heavy atom. The third kappa shape index (κ3) is 2.69. The first-order valence-corrected chi connectivity index (χ1v) is 6.53. The van der Waals surface area contributed by atoms with Gasteiger partial charge in [0.1, 0.15) is 5.75 Å². The molecule has 3 aromatic rings. The molecule has 1 aromatic carbocycles. The standard InChI is InChI=1S/C16H15N3O/c20-14-5-3-12(4-6-14)7-9-18-15-11-17-10-13-2-1-8-19-16(13)15/h1-6,8,10-11,18,20H,7,9H2. The van der Waals surface area contributed by atoms with Crippen molar-refractivity contribution in [3.05, 3.63) is 60.6 Å². The summed E-state index contributed by atoms with van der Waals surface area (Å²) in [6, 6.07) is 11.2. The number of hydrogen-bond acceptors (Lipinski definition) is 4. The summed E-state index contributed by atoms with van der Waals surface area (Å²) in [4.78, 5) is 8.60. The normalized spacial score (nSPS) is 10.6. The lowest BCUT2D eigenvalue weighted by Gasteiger charge is -2.08. The van der Waals surface area contributed by atoms with Crippen molar-refractivity contribution in [2.24, 2.45) is 0 Å². The average Bonchev–Trinajstić information content (AvgIpc) is 2.49. The van der Waals surface area contributed by atoms with E-state index < -0.39 is 0 Å². The van der Waals surface area contributed by atoms with Gasteiger partial charge in [0.2, 0.25) is 0 Å². The summed E-state index contributed by atoms with van der Waals surface area (Å²) in [6.45, 7) is 0.794. The van der Waals surface area contributed by atoms with Gasteiger partial charge in [0.25, 0.3) is 0 Å². The molecule has 100 valence electrons. The van der Waals surface area contributed by atoms with Crippen molar-refractivity contribution in [2.45, 2.75) is 6.42 Å². The molecule has 0 aliphatic heterocycles. The quantitative estimate of drug-likeness (QED) is 0.761. The molecule has 0 unspecified atom stereocenters. The Hall–Kier alpha value is -2.62. The zero-order valence-electron chi connectivity index (χ0n) is 11.0. The molecule has 3 rings (SSSR count). The van der Waals surface area contributed by atoms with Crippen LogP contribution >= 0.6 is 0 Å². The minimum Gasteiger partial charge on any atom is -0.508 e. The second-order valence-electron chi connectivity index (χ2n) is 4.61. The maximum absolute atomic E-state index is 9.25. The molecular weight excluding hydrogens is 250 g/mol. The van der Waals surface area contributed by atoms with Gasteiger partial charge in [-0.1, -0.05) is 12.1 Å². The smallest absolute Gasteiger partial charge is 0.115 e. The molecule has 0 spiro atoms. The van der Waals surface area contributed by atoms with Crippen LogP contribution in [-0.2, 0) is 6.42 Å². The number of rotatable bonds is 4. The van der Waals surface area contributed by atoms with Gasteiger partial charge in [0, 0.05) is 24.3 Å². The van der Waals surface area contributed by atoms with Crippen LogP contribution in [0.15, 0.2) is 55.0 Å². The van der Waals surface area contributed by atoms with Gasteiger partial charge in [-0.2, -0.15) is 0 Å². The molecule has 0 fully saturated rings. The molecule has 2 N–H and O–H groups in total. The molecule has 4 heteroatoms. The van der Waals surface area contributed by atoms with Crippen LogP contribution in [0.25, 0.3) is 10.9 Å². The molecule has 0 aliphatic carbocycles. The van der Waals surface area contributed by atoms with E-state index in [1.54, 1.807) is 24.5 Å². The Morgan fingerprint density at radius 1 is 1.05 bits per heavy atom. The van der Waals surface area contributed by atoms with Crippen LogP contribution < -0.4 is 5.32 Å². The number of phenolic OH excluding ortho intramolecular Hbond substituents is 1. The number of fused-ring (bicyclic) bond motifs is 1. The van der Waals surface area contributed by atoms with Crippen LogP contribution in [0, 0.1) is 0 Å². The number of benzene rings is 1. The summed E-state index contributed by atoms with van der Waals surface area (Å²) in [5.74, 6) is 0.296. The average molecular weight is 265 g/mol. The molecule has 0 amide bonds. The fourth-order valence-corrected chi connectivity index (χ4v) is 2.13. The zero-order chi connectivity index (χ0) is 13.8. The summed E-state index contributed by atoms with van der Waals surface area (Å²) >= 11 is 0. The number of anilines is 1. The molecule has 2 aromatic heterocycles. The van der Waals surface area contributed by atoms with Crippen molar-refractivity contribution in [3.8, 4) is 5.75 Å². The van der Waals surface area contributed by atoms with Gasteiger partial charge in [0.15, 0.2) is 0 Å². The van der Waals surface area contributed by atoms with Crippen molar-refractivity contribution in [2.75, 3.05) is 11.9 Å². The highest BCUT2D eigenvalue weighted by molar-refractivity contribution is 5.88. The minimum absolute atomic E-state index is 0.296. The number of nitrogens with one attached hydrogen (secondary N) is 1. The highest BCUT2D eigenvalue weighted by Gasteiger charge is 2.01. The highest BCUT2D eigenvalue weighted by atomic mass is 16.3.